The quantitative estimate of drug-likeness (QED) is 0.492. The van der Waals surface area contributed by atoms with E-state index in [9.17, 15) is 4.79 Å². The summed E-state index contributed by atoms with van der Waals surface area (Å²) in [6.07, 6.45) is 0. The number of hydrogen-bond donors (Lipinski definition) is 0. The molecule has 19 heavy (non-hydrogen) atoms. The van der Waals surface area contributed by atoms with E-state index in [0.29, 0.717) is 11.1 Å². The van der Waals surface area contributed by atoms with Gasteiger partial charge in [-0.05, 0) is 30.3 Å². The van der Waals surface area contributed by atoms with E-state index in [4.69, 9.17) is 4.42 Å². The summed E-state index contributed by atoms with van der Waals surface area (Å²) in [5, 5.41) is 1.63. The van der Waals surface area contributed by atoms with E-state index in [1.807, 2.05) is 46.9 Å². The van der Waals surface area contributed by atoms with Crippen molar-refractivity contribution in [2.45, 2.75) is 0 Å². The average Bonchev–Trinajstić information content (AvgIpc) is 2.76. The Balaban J connectivity index is 2.38. The van der Waals surface area contributed by atoms with Gasteiger partial charge in [0.05, 0.1) is 16.4 Å². The first-order valence-corrected chi connectivity index (χ1v) is 6.66. The summed E-state index contributed by atoms with van der Waals surface area (Å²) < 4.78 is 8.36. The molecule has 0 saturated heterocycles. The zero-order valence-electron chi connectivity index (χ0n) is 9.76. The molecule has 0 spiro atoms. The van der Waals surface area contributed by atoms with Gasteiger partial charge in [0.1, 0.15) is 0 Å². The summed E-state index contributed by atoms with van der Waals surface area (Å²) in [5.74, 6) is 0. The Bertz CT molecular complexity index is 997. The fraction of sp³-hybridized carbons (Fsp3) is 0. The molecule has 4 rings (SSSR count). The maximum absolute atomic E-state index is 11.9. The molecule has 2 heterocycles. The highest BCUT2D eigenvalue weighted by atomic mass is 79.9. The molecule has 3 nitrogen and oxygen atoms in total. The third-order valence-corrected chi connectivity index (χ3v) is 3.79. The minimum absolute atomic E-state index is 0.301. The van der Waals surface area contributed by atoms with Crippen molar-refractivity contribution in [2.75, 3.05) is 0 Å². The van der Waals surface area contributed by atoms with E-state index < -0.39 is 0 Å². The van der Waals surface area contributed by atoms with Crippen molar-refractivity contribution >= 4 is 43.4 Å². The Morgan fingerprint density at radius 1 is 1.00 bits per heavy atom. The van der Waals surface area contributed by atoms with Crippen molar-refractivity contribution in [3.05, 3.63) is 63.4 Å². The molecule has 0 aliphatic heterocycles. The number of benzene rings is 2. The molecule has 0 amide bonds. The van der Waals surface area contributed by atoms with Crippen LogP contribution in [0, 0.1) is 0 Å². The van der Waals surface area contributed by atoms with E-state index in [0.717, 1.165) is 20.9 Å². The molecular weight excluding hydrogens is 306 g/mol. The van der Waals surface area contributed by atoms with Crippen LogP contribution in [0.15, 0.2) is 62.2 Å². The number of fused-ring (bicyclic) bond motifs is 5. The second kappa shape index (κ2) is 3.71. The maximum Gasteiger partial charge on any atom is 0.346 e. The van der Waals surface area contributed by atoms with Crippen molar-refractivity contribution in [2.24, 2.45) is 0 Å². The molecule has 4 aromatic rings. The Morgan fingerprint density at radius 3 is 2.74 bits per heavy atom. The highest BCUT2D eigenvalue weighted by molar-refractivity contribution is 9.10. The monoisotopic (exact) mass is 313 g/mol. The van der Waals surface area contributed by atoms with Gasteiger partial charge < -0.3 is 4.42 Å². The summed E-state index contributed by atoms with van der Waals surface area (Å²) in [5.41, 5.74) is 2.16. The molecule has 2 aromatic heterocycles. The Kier molecular flexibility index (Phi) is 2.11. The van der Waals surface area contributed by atoms with Gasteiger partial charge in [0, 0.05) is 15.9 Å². The third-order valence-electron chi connectivity index (χ3n) is 3.29. The fourth-order valence-corrected chi connectivity index (χ4v) is 2.85. The lowest BCUT2D eigenvalue weighted by Crippen LogP contribution is -2.02. The molecule has 0 fully saturated rings. The molecule has 0 radical (unpaired) electrons. The average molecular weight is 314 g/mol. The van der Waals surface area contributed by atoms with Crippen LogP contribution in [0.3, 0.4) is 0 Å². The van der Waals surface area contributed by atoms with Crippen LogP contribution in [0.2, 0.25) is 0 Å². The summed E-state index contributed by atoms with van der Waals surface area (Å²) in [7, 11) is 0. The third kappa shape index (κ3) is 1.47. The number of halogens is 1. The number of hydrogen-bond acceptors (Lipinski definition) is 2. The molecule has 0 saturated carbocycles. The fourth-order valence-electron chi connectivity index (χ4n) is 2.48. The molecule has 4 heteroatoms. The standard InChI is InChI=1S/C15H8BrNO2/c16-10-5-6-12-9(7-10)8-14-17(12)13-4-2-1-3-11(13)15(18)19-14/h1-8H. The summed E-state index contributed by atoms with van der Waals surface area (Å²) in [6.45, 7) is 0. The summed E-state index contributed by atoms with van der Waals surface area (Å²) in [4.78, 5) is 11.9. The summed E-state index contributed by atoms with van der Waals surface area (Å²) >= 11 is 3.45. The Hall–Kier alpha value is -2.07. The molecule has 92 valence electrons. The lowest BCUT2D eigenvalue weighted by Gasteiger charge is -2.02. The lowest BCUT2D eigenvalue weighted by molar-refractivity contribution is 0.550. The van der Waals surface area contributed by atoms with Gasteiger partial charge in [-0.2, -0.15) is 0 Å². The van der Waals surface area contributed by atoms with Crippen LogP contribution in [-0.4, -0.2) is 4.40 Å². The highest BCUT2D eigenvalue weighted by Crippen LogP contribution is 2.26. The van der Waals surface area contributed by atoms with Crippen LogP contribution in [0.25, 0.3) is 27.5 Å². The topological polar surface area (TPSA) is 34.6 Å². The molecule has 0 unspecified atom stereocenters. The van der Waals surface area contributed by atoms with Crippen LogP contribution in [0.4, 0.5) is 0 Å². The van der Waals surface area contributed by atoms with Gasteiger partial charge >= 0.3 is 5.63 Å². The normalized spacial score (nSPS) is 11.6. The van der Waals surface area contributed by atoms with Gasteiger partial charge in [-0.3, -0.25) is 4.40 Å². The van der Waals surface area contributed by atoms with Gasteiger partial charge in [0.2, 0.25) is 5.71 Å². The van der Waals surface area contributed by atoms with Crippen LogP contribution in [0.5, 0.6) is 0 Å². The van der Waals surface area contributed by atoms with Crippen LogP contribution in [0.1, 0.15) is 0 Å². The van der Waals surface area contributed by atoms with Crippen molar-refractivity contribution in [1.29, 1.82) is 0 Å². The maximum atomic E-state index is 11.9. The first kappa shape index (κ1) is 10.8. The van der Waals surface area contributed by atoms with Gasteiger partial charge in [-0.25, -0.2) is 4.79 Å². The van der Waals surface area contributed by atoms with Crippen molar-refractivity contribution in [3.63, 3.8) is 0 Å². The largest absolute Gasteiger partial charge is 0.405 e. The van der Waals surface area contributed by atoms with Crippen LogP contribution >= 0.6 is 15.9 Å². The van der Waals surface area contributed by atoms with Gasteiger partial charge in [0.25, 0.3) is 0 Å². The highest BCUT2D eigenvalue weighted by Gasteiger charge is 2.10. The van der Waals surface area contributed by atoms with Crippen LogP contribution < -0.4 is 5.63 Å². The lowest BCUT2D eigenvalue weighted by atomic mass is 10.2. The van der Waals surface area contributed by atoms with E-state index in [2.05, 4.69) is 15.9 Å². The predicted molar refractivity (Wildman–Crippen MR) is 78.6 cm³/mol. The summed E-state index contributed by atoms with van der Waals surface area (Å²) in [6, 6.07) is 15.4. The van der Waals surface area contributed by atoms with Crippen molar-refractivity contribution in [1.82, 2.24) is 4.40 Å². The molecular formula is C15H8BrNO2. The second-order valence-electron chi connectivity index (χ2n) is 4.43. The van der Waals surface area contributed by atoms with Crippen molar-refractivity contribution < 1.29 is 4.42 Å². The smallest absolute Gasteiger partial charge is 0.346 e. The number of para-hydroxylation sites is 1. The first-order chi connectivity index (χ1) is 9.24. The van der Waals surface area contributed by atoms with Crippen LogP contribution in [-0.2, 0) is 0 Å². The zero-order valence-corrected chi connectivity index (χ0v) is 11.3. The van der Waals surface area contributed by atoms with E-state index >= 15 is 0 Å². The number of nitrogens with zero attached hydrogens (tertiary/aromatic N) is 1. The predicted octanol–water partition coefficient (Wildman–Crippen LogP) is 3.96. The van der Waals surface area contributed by atoms with Crippen molar-refractivity contribution in [3.8, 4) is 0 Å². The number of aromatic nitrogens is 1. The molecule has 0 bridgehead atoms. The minimum Gasteiger partial charge on any atom is -0.405 e. The van der Waals surface area contributed by atoms with Gasteiger partial charge in [0.15, 0.2) is 0 Å². The SMILES string of the molecule is O=c1oc2cc3cc(Br)ccc3n2c2ccccc12. The Morgan fingerprint density at radius 2 is 1.84 bits per heavy atom. The molecule has 0 aliphatic carbocycles. The first-order valence-electron chi connectivity index (χ1n) is 5.86. The Labute approximate surface area is 116 Å². The van der Waals surface area contributed by atoms with Gasteiger partial charge in [-0.15, -0.1) is 0 Å². The van der Waals surface area contributed by atoms with E-state index in [-0.39, 0.29) is 5.63 Å². The van der Waals surface area contributed by atoms with Gasteiger partial charge in [-0.1, -0.05) is 28.1 Å². The van der Waals surface area contributed by atoms with E-state index in [1.165, 1.54) is 0 Å². The minimum atomic E-state index is -0.301. The molecule has 0 atom stereocenters. The molecule has 2 aromatic carbocycles. The molecule has 0 aliphatic rings. The number of rotatable bonds is 0. The zero-order chi connectivity index (χ0) is 13.0. The second-order valence-corrected chi connectivity index (χ2v) is 5.34. The molecule has 0 N–H and O–H groups in total. The van der Waals surface area contributed by atoms with E-state index in [1.54, 1.807) is 6.07 Å².